The number of hydrogen-bond donors (Lipinski definition) is 1. The van der Waals surface area contributed by atoms with Gasteiger partial charge in [-0.25, -0.2) is 0 Å². The maximum Gasteiger partial charge on any atom is 0.128 e. The van der Waals surface area contributed by atoms with Gasteiger partial charge in [0.2, 0.25) is 0 Å². The Hall–Kier alpha value is -1.09. The minimum atomic E-state index is 0.595. The number of aromatic nitrogens is 1. The molecule has 2 rings (SSSR count). The van der Waals surface area contributed by atoms with Gasteiger partial charge in [0.1, 0.15) is 5.75 Å². The van der Waals surface area contributed by atoms with E-state index in [0.717, 1.165) is 35.7 Å². The number of hydrogen-bond acceptors (Lipinski definition) is 3. The summed E-state index contributed by atoms with van der Waals surface area (Å²) < 4.78 is 5.45. The maximum atomic E-state index is 5.45. The van der Waals surface area contributed by atoms with Crippen molar-refractivity contribution < 1.29 is 4.74 Å². The molecule has 19 heavy (non-hydrogen) atoms. The third kappa shape index (κ3) is 3.27. The second kappa shape index (κ2) is 5.91. The van der Waals surface area contributed by atoms with Gasteiger partial charge in [-0.05, 0) is 38.5 Å². The molecule has 0 radical (unpaired) electrons. The van der Waals surface area contributed by atoms with Crippen LogP contribution in [0.4, 0.5) is 0 Å². The molecule has 1 aliphatic rings. The Kier molecular flexibility index (Phi) is 4.46. The normalized spacial score (nSPS) is 16.4. The molecular formula is C16H26N2O. The average molecular weight is 262 g/mol. The van der Waals surface area contributed by atoms with Crippen LogP contribution in [-0.4, -0.2) is 18.6 Å². The van der Waals surface area contributed by atoms with Gasteiger partial charge in [0.05, 0.1) is 12.8 Å². The van der Waals surface area contributed by atoms with E-state index in [2.05, 4.69) is 24.1 Å². The molecule has 1 fully saturated rings. The Labute approximate surface area is 116 Å². The second-order valence-corrected chi connectivity index (χ2v) is 5.90. The molecule has 1 heterocycles. The van der Waals surface area contributed by atoms with E-state index in [9.17, 15) is 0 Å². The molecule has 1 aromatic rings. The van der Waals surface area contributed by atoms with Crippen molar-refractivity contribution >= 4 is 0 Å². The van der Waals surface area contributed by atoms with Crippen molar-refractivity contribution in [2.45, 2.75) is 53.0 Å². The van der Waals surface area contributed by atoms with E-state index < -0.39 is 0 Å². The molecule has 1 N–H and O–H groups in total. The fourth-order valence-corrected chi connectivity index (χ4v) is 2.92. The summed E-state index contributed by atoms with van der Waals surface area (Å²) >= 11 is 0. The molecule has 0 saturated heterocycles. The smallest absolute Gasteiger partial charge is 0.128 e. The molecule has 3 nitrogen and oxygen atoms in total. The quantitative estimate of drug-likeness (QED) is 0.818. The zero-order chi connectivity index (χ0) is 13.9. The number of aryl methyl sites for hydroxylation is 1. The number of nitrogens with zero attached hydrogens (tertiary/aromatic N) is 1. The highest BCUT2D eigenvalue weighted by Crippen LogP contribution is 2.48. The summed E-state index contributed by atoms with van der Waals surface area (Å²) in [4.78, 5) is 4.53. The number of methoxy groups -OCH3 is 1. The van der Waals surface area contributed by atoms with Gasteiger partial charge in [0.25, 0.3) is 0 Å². The van der Waals surface area contributed by atoms with Crippen LogP contribution in [0.1, 0.15) is 49.4 Å². The Morgan fingerprint density at radius 3 is 2.68 bits per heavy atom. The summed E-state index contributed by atoms with van der Waals surface area (Å²) in [6, 6.07) is 0. The minimum absolute atomic E-state index is 0.595. The van der Waals surface area contributed by atoms with Crippen LogP contribution in [0, 0.1) is 19.3 Å². The summed E-state index contributed by atoms with van der Waals surface area (Å²) in [5, 5.41) is 3.58. The number of ether oxygens (including phenoxy) is 1. The Morgan fingerprint density at radius 1 is 1.37 bits per heavy atom. The van der Waals surface area contributed by atoms with Gasteiger partial charge in [-0.3, -0.25) is 4.98 Å². The van der Waals surface area contributed by atoms with Crippen molar-refractivity contribution in [3.63, 3.8) is 0 Å². The van der Waals surface area contributed by atoms with E-state index in [0.29, 0.717) is 5.41 Å². The highest BCUT2D eigenvalue weighted by molar-refractivity contribution is 5.40. The monoisotopic (exact) mass is 262 g/mol. The lowest BCUT2D eigenvalue weighted by Gasteiger charge is -2.16. The Balaban J connectivity index is 1.93. The summed E-state index contributed by atoms with van der Waals surface area (Å²) in [5.41, 5.74) is 3.97. The van der Waals surface area contributed by atoms with E-state index in [1.54, 1.807) is 7.11 Å². The fourth-order valence-electron chi connectivity index (χ4n) is 2.92. The van der Waals surface area contributed by atoms with Gasteiger partial charge < -0.3 is 10.1 Å². The third-order valence-electron chi connectivity index (χ3n) is 4.28. The minimum Gasteiger partial charge on any atom is -0.496 e. The van der Waals surface area contributed by atoms with Gasteiger partial charge in [-0.15, -0.1) is 0 Å². The summed E-state index contributed by atoms with van der Waals surface area (Å²) in [7, 11) is 1.73. The topological polar surface area (TPSA) is 34.2 Å². The lowest BCUT2D eigenvalue weighted by atomic mass is 10.0. The first kappa shape index (κ1) is 14.3. The molecule has 3 heteroatoms. The number of pyridine rings is 1. The lowest BCUT2D eigenvalue weighted by molar-refractivity contribution is 0.403. The Morgan fingerprint density at radius 2 is 2.11 bits per heavy atom. The second-order valence-electron chi connectivity index (χ2n) is 5.90. The lowest BCUT2D eigenvalue weighted by Crippen LogP contribution is -2.24. The summed E-state index contributed by atoms with van der Waals surface area (Å²) in [6.45, 7) is 8.37. The molecular weight excluding hydrogens is 236 g/mol. The highest BCUT2D eigenvalue weighted by Gasteiger charge is 2.40. The molecule has 0 atom stereocenters. The highest BCUT2D eigenvalue weighted by atomic mass is 16.5. The van der Waals surface area contributed by atoms with Crippen LogP contribution >= 0.6 is 0 Å². The molecule has 1 saturated carbocycles. The first-order valence-electron chi connectivity index (χ1n) is 7.31. The standard InChI is InChI=1S/C16H26N2O/c1-5-6-16(7-8-16)11-17-10-14-13(3)15(19-4)12(2)9-18-14/h9,17H,5-8,10-11H2,1-4H3. The van der Waals surface area contributed by atoms with Crippen molar-refractivity contribution in [1.29, 1.82) is 0 Å². The van der Waals surface area contributed by atoms with Crippen LogP contribution in [-0.2, 0) is 6.54 Å². The number of rotatable bonds is 7. The van der Waals surface area contributed by atoms with E-state index in [1.807, 2.05) is 13.1 Å². The maximum absolute atomic E-state index is 5.45. The molecule has 0 amide bonds. The van der Waals surface area contributed by atoms with Crippen LogP contribution in [0.5, 0.6) is 5.75 Å². The van der Waals surface area contributed by atoms with Gasteiger partial charge >= 0.3 is 0 Å². The third-order valence-corrected chi connectivity index (χ3v) is 4.28. The van der Waals surface area contributed by atoms with Gasteiger partial charge in [0, 0.05) is 30.4 Å². The summed E-state index contributed by atoms with van der Waals surface area (Å²) in [5.74, 6) is 0.974. The largest absolute Gasteiger partial charge is 0.496 e. The zero-order valence-electron chi connectivity index (χ0n) is 12.7. The van der Waals surface area contributed by atoms with Crippen LogP contribution in [0.2, 0.25) is 0 Å². The van der Waals surface area contributed by atoms with Crippen LogP contribution < -0.4 is 10.1 Å². The molecule has 106 valence electrons. The molecule has 0 spiro atoms. The van der Waals surface area contributed by atoms with Crippen molar-refractivity contribution in [2.75, 3.05) is 13.7 Å². The molecule has 0 aromatic carbocycles. The molecule has 0 bridgehead atoms. The van der Waals surface area contributed by atoms with Crippen molar-refractivity contribution in [3.8, 4) is 5.75 Å². The van der Waals surface area contributed by atoms with Crippen LogP contribution in [0.25, 0.3) is 0 Å². The molecule has 1 aliphatic carbocycles. The van der Waals surface area contributed by atoms with Gasteiger partial charge in [-0.1, -0.05) is 13.3 Å². The summed E-state index contributed by atoms with van der Waals surface area (Å²) in [6.07, 6.45) is 7.32. The predicted octanol–water partition coefficient (Wildman–Crippen LogP) is 3.38. The number of nitrogens with one attached hydrogen (secondary N) is 1. The fraction of sp³-hybridized carbons (Fsp3) is 0.688. The Bertz CT molecular complexity index is 439. The van der Waals surface area contributed by atoms with Gasteiger partial charge in [-0.2, -0.15) is 0 Å². The van der Waals surface area contributed by atoms with Crippen molar-refractivity contribution in [3.05, 3.63) is 23.0 Å². The SMILES string of the molecule is CCCC1(CNCc2ncc(C)c(OC)c2C)CC1. The van der Waals surface area contributed by atoms with Crippen molar-refractivity contribution in [1.82, 2.24) is 10.3 Å². The first-order valence-corrected chi connectivity index (χ1v) is 7.31. The van der Waals surface area contributed by atoms with Crippen LogP contribution in [0.3, 0.4) is 0 Å². The van der Waals surface area contributed by atoms with E-state index in [4.69, 9.17) is 4.74 Å². The van der Waals surface area contributed by atoms with E-state index in [-0.39, 0.29) is 0 Å². The van der Waals surface area contributed by atoms with Gasteiger partial charge in [0.15, 0.2) is 0 Å². The molecule has 1 aromatic heterocycles. The molecule has 0 aliphatic heterocycles. The zero-order valence-corrected chi connectivity index (χ0v) is 12.7. The van der Waals surface area contributed by atoms with Crippen LogP contribution in [0.15, 0.2) is 6.20 Å². The molecule has 0 unspecified atom stereocenters. The van der Waals surface area contributed by atoms with Crippen molar-refractivity contribution in [2.24, 2.45) is 5.41 Å². The van der Waals surface area contributed by atoms with E-state index in [1.165, 1.54) is 25.7 Å². The average Bonchev–Trinajstić information content (AvgIpc) is 3.13. The first-order chi connectivity index (χ1) is 9.12. The predicted molar refractivity (Wildman–Crippen MR) is 78.5 cm³/mol. The van der Waals surface area contributed by atoms with E-state index >= 15 is 0 Å².